The van der Waals surface area contributed by atoms with Gasteiger partial charge in [0, 0.05) is 6.54 Å². The van der Waals surface area contributed by atoms with E-state index in [4.69, 9.17) is 9.47 Å². The fourth-order valence-electron chi connectivity index (χ4n) is 1.61. The Bertz CT molecular complexity index is 362. The Kier molecular flexibility index (Phi) is 5.58. The molecule has 5 nitrogen and oxygen atoms in total. The number of nitrogens with zero attached hydrogens (tertiary/aromatic N) is 1. The van der Waals surface area contributed by atoms with Crippen molar-refractivity contribution < 1.29 is 19.1 Å². The lowest BCUT2D eigenvalue weighted by Crippen LogP contribution is -2.48. The zero-order valence-electron chi connectivity index (χ0n) is 10.8. The second-order valence-corrected chi connectivity index (χ2v) is 4.11. The summed E-state index contributed by atoms with van der Waals surface area (Å²) in [6, 6.07) is -0.250. The summed E-state index contributed by atoms with van der Waals surface area (Å²) in [6.07, 6.45) is 2.86. The topological polar surface area (TPSA) is 55.8 Å². The van der Waals surface area contributed by atoms with Crippen molar-refractivity contribution in [3.8, 4) is 0 Å². The highest BCUT2D eigenvalue weighted by molar-refractivity contribution is 5.92. The minimum Gasteiger partial charge on any atom is -0.445 e. The first kappa shape index (κ1) is 14.4. The molecule has 0 radical (unpaired) electrons. The Balaban J connectivity index is 2.73. The van der Waals surface area contributed by atoms with Gasteiger partial charge < -0.3 is 9.47 Å². The van der Waals surface area contributed by atoms with Gasteiger partial charge in [0.1, 0.15) is 6.61 Å². The fraction of sp³-hybridized carbons (Fsp3) is 0.538. The lowest BCUT2D eigenvalue weighted by Gasteiger charge is -2.33. The molecular weight excluding hydrogens is 234 g/mol. The van der Waals surface area contributed by atoms with E-state index in [1.165, 1.54) is 13.0 Å². The molecule has 1 aliphatic rings. The van der Waals surface area contributed by atoms with E-state index in [0.717, 1.165) is 0 Å². The molecule has 0 saturated carbocycles. The van der Waals surface area contributed by atoms with Gasteiger partial charge in [0.15, 0.2) is 5.78 Å². The Labute approximate surface area is 107 Å². The number of amides is 1. The molecule has 18 heavy (non-hydrogen) atoms. The minimum absolute atomic E-state index is 0.0139. The van der Waals surface area contributed by atoms with Gasteiger partial charge in [-0.25, -0.2) is 4.79 Å². The van der Waals surface area contributed by atoms with Crippen molar-refractivity contribution in [3.05, 3.63) is 24.3 Å². The number of hydrogen-bond acceptors (Lipinski definition) is 4. The molecule has 0 aromatic carbocycles. The van der Waals surface area contributed by atoms with Crippen molar-refractivity contribution in [2.24, 2.45) is 0 Å². The molecule has 1 heterocycles. The number of Topliss-reactive ketones (excluding diaryl/α,β-unsaturated/α-hetero) is 1. The maximum Gasteiger partial charge on any atom is 0.410 e. The van der Waals surface area contributed by atoms with Crippen LogP contribution in [0.4, 0.5) is 4.79 Å². The predicted octanol–water partition coefficient (Wildman–Crippen LogP) is 1.55. The highest BCUT2D eigenvalue weighted by Gasteiger charge is 2.27. The summed E-state index contributed by atoms with van der Waals surface area (Å²) in [5, 5.41) is 0. The molecule has 0 aromatic heterocycles. The van der Waals surface area contributed by atoms with E-state index in [2.05, 4.69) is 6.58 Å². The standard InChI is InChI=1S/C13H19NO4/c1-4-6-18-13(16)14-5-7-17-9-12(14)8-10(2)11(3)15/h4,8,12H,1,5-7,9H2,2-3H3/b10-8+/t12-/m1/s1. The van der Waals surface area contributed by atoms with Gasteiger partial charge in [0.2, 0.25) is 0 Å². The summed E-state index contributed by atoms with van der Waals surface area (Å²) < 4.78 is 10.3. The van der Waals surface area contributed by atoms with Crippen LogP contribution in [0.2, 0.25) is 0 Å². The Morgan fingerprint density at radius 2 is 2.22 bits per heavy atom. The predicted molar refractivity (Wildman–Crippen MR) is 67.3 cm³/mol. The van der Waals surface area contributed by atoms with E-state index in [-0.39, 0.29) is 18.4 Å². The average Bonchev–Trinajstić information content (AvgIpc) is 2.36. The molecule has 0 unspecified atom stereocenters. The molecule has 0 spiro atoms. The minimum atomic E-state index is -0.407. The largest absolute Gasteiger partial charge is 0.445 e. The summed E-state index contributed by atoms with van der Waals surface area (Å²) in [7, 11) is 0. The Hall–Kier alpha value is -1.62. The van der Waals surface area contributed by atoms with E-state index in [1.54, 1.807) is 17.9 Å². The number of ketones is 1. The first-order chi connectivity index (χ1) is 8.56. The molecule has 0 bridgehead atoms. The lowest BCUT2D eigenvalue weighted by molar-refractivity contribution is -0.113. The van der Waals surface area contributed by atoms with E-state index in [1.807, 2.05) is 0 Å². The lowest BCUT2D eigenvalue weighted by atomic mass is 10.1. The van der Waals surface area contributed by atoms with Gasteiger partial charge >= 0.3 is 6.09 Å². The van der Waals surface area contributed by atoms with Crippen molar-refractivity contribution in [3.63, 3.8) is 0 Å². The Morgan fingerprint density at radius 1 is 1.50 bits per heavy atom. The molecular formula is C13H19NO4. The number of allylic oxidation sites excluding steroid dienone is 1. The molecule has 0 aromatic rings. The van der Waals surface area contributed by atoms with Crippen LogP contribution in [-0.4, -0.2) is 49.2 Å². The second kappa shape index (κ2) is 6.96. The van der Waals surface area contributed by atoms with Crippen LogP contribution < -0.4 is 0 Å². The van der Waals surface area contributed by atoms with Crippen LogP contribution in [0, 0.1) is 0 Å². The summed E-state index contributed by atoms with van der Waals surface area (Å²) in [5.41, 5.74) is 0.618. The third-order valence-electron chi connectivity index (χ3n) is 2.72. The molecule has 1 rings (SSSR count). The van der Waals surface area contributed by atoms with Crippen LogP contribution in [-0.2, 0) is 14.3 Å². The third kappa shape index (κ3) is 4.00. The van der Waals surface area contributed by atoms with Crippen molar-refractivity contribution in [1.29, 1.82) is 0 Å². The van der Waals surface area contributed by atoms with E-state index >= 15 is 0 Å². The molecule has 0 aliphatic carbocycles. The molecule has 1 amide bonds. The second-order valence-electron chi connectivity index (χ2n) is 4.11. The normalized spacial score (nSPS) is 20.4. The van der Waals surface area contributed by atoms with Gasteiger partial charge in [-0.3, -0.25) is 9.69 Å². The summed E-state index contributed by atoms with van der Waals surface area (Å²) in [5.74, 6) is -0.0139. The monoisotopic (exact) mass is 253 g/mol. The third-order valence-corrected chi connectivity index (χ3v) is 2.72. The number of rotatable bonds is 4. The molecule has 1 atom stereocenters. The van der Waals surface area contributed by atoms with Crippen LogP contribution in [0.25, 0.3) is 0 Å². The first-order valence-electron chi connectivity index (χ1n) is 5.87. The van der Waals surface area contributed by atoms with Crippen LogP contribution in [0.15, 0.2) is 24.3 Å². The van der Waals surface area contributed by atoms with Gasteiger partial charge in [-0.05, 0) is 19.4 Å². The number of carbonyl (C=O) groups is 2. The SMILES string of the molecule is C=CCOC(=O)N1CCOC[C@H]1/C=C(\C)C(C)=O. The van der Waals surface area contributed by atoms with E-state index < -0.39 is 6.09 Å². The molecule has 100 valence electrons. The van der Waals surface area contributed by atoms with Gasteiger partial charge in [0.25, 0.3) is 0 Å². The molecule has 0 N–H and O–H groups in total. The number of hydrogen-bond donors (Lipinski definition) is 0. The number of morpholine rings is 1. The van der Waals surface area contributed by atoms with Crippen molar-refractivity contribution in [1.82, 2.24) is 4.90 Å². The molecule has 1 aliphatic heterocycles. The van der Waals surface area contributed by atoms with Gasteiger partial charge in [-0.1, -0.05) is 18.7 Å². The van der Waals surface area contributed by atoms with Gasteiger partial charge in [-0.2, -0.15) is 0 Å². The first-order valence-corrected chi connectivity index (χ1v) is 5.87. The fourth-order valence-corrected chi connectivity index (χ4v) is 1.61. The molecule has 1 fully saturated rings. The van der Waals surface area contributed by atoms with Crippen LogP contribution in [0.3, 0.4) is 0 Å². The van der Waals surface area contributed by atoms with E-state index in [0.29, 0.717) is 25.3 Å². The molecule has 5 heteroatoms. The van der Waals surface area contributed by atoms with E-state index in [9.17, 15) is 9.59 Å². The van der Waals surface area contributed by atoms with Crippen molar-refractivity contribution in [2.45, 2.75) is 19.9 Å². The van der Waals surface area contributed by atoms with Gasteiger partial charge in [-0.15, -0.1) is 0 Å². The maximum atomic E-state index is 11.8. The quantitative estimate of drug-likeness (QED) is 0.563. The highest BCUT2D eigenvalue weighted by Crippen LogP contribution is 2.12. The zero-order chi connectivity index (χ0) is 13.5. The van der Waals surface area contributed by atoms with Crippen molar-refractivity contribution >= 4 is 11.9 Å². The maximum absolute atomic E-state index is 11.8. The van der Waals surface area contributed by atoms with Crippen molar-refractivity contribution in [2.75, 3.05) is 26.4 Å². The highest BCUT2D eigenvalue weighted by atomic mass is 16.6. The smallest absolute Gasteiger partial charge is 0.410 e. The average molecular weight is 253 g/mol. The summed E-state index contributed by atoms with van der Waals surface area (Å²) in [6.45, 7) is 8.21. The van der Waals surface area contributed by atoms with Gasteiger partial charge in [0.05, 0.1) is 19.3 Å². The summed E-state index contributed by atoms with van der Waals surface area (Å²) in [4.78, 5) is 24.6. The zero-order valence-corrected chi connectivity index (χ0v) is 10.8. The van der Waals surface area contributed by atoms with Crippen LogP contribution in [0.1, 0.15) is 13.8 Å². The summed E-state index contributed by atoms with van der Waals surface area (Å²) >= 11 is 0. The Morgan fingerprint density at radius 3 is 2.83 bits per heavy atom. The molecule has 1 saturated heterocycles. The number of ether oxygens (including phenoxy) is 2. The number of carbonyl (C=O) groups excluding carboxylic acids is 2. The van der Waals surface area contributed by atoms with Crippen LogP contribution in [0.5, 0.6) is 0 Å². The van der Waals surface area contributed by atoms with Crippen LogP contribution >= 0.6 is 0 Å².